The SMILES string of the molecule is CN(CCOc1ccc(Cl)cc1)C(=O)C1CCCCC1. The average molecular weight is 296 g/mol. The second-order valence-corrected chi connectivity index (χ2v) is 5.83. The normalized spacial score (nSPS) is 15.9. The molecule has 1 aromatic rings. The lowest BCUT2D eigenvalue weighted by atomic mass is 9.88. The number of hydrogen-bond donors (Lipinski definition) is 0. The molecule has 1 fully saturated rings. The van der Waals surface area contributed by atoms with Crippen molar-refractivity contribution in [2.45, 2.75) is 32.1 Å². The van der Waals surface area contributed by atoms with E-state index in [2.05, 4.69) is 0 Å². The quantitative estimate of drug-likeness (QED) is 0.828. The third kappa shape index (κ3) is 4.41. The fourth-order valence-corrected chi connectivity index (χ4v) is 2.73. The highest BCUT2D eigenvalue weighted by Gasteiger charge is 2.23. The summed E-state index contributed by atoms with van der Waals surface area (Å²) in [6, 6.07) is 7.28. The van der Waals surface area contributed by atoms with Crippen LogP contribution < -0.4 is 4.74 Å². The molecule has 1 aromatic carbocycles. The van der Waals surface area contributed by atoms with E-state index in [0.717, 1.165) is 18.6 Å². The maximum absolute atomic E-state index is 12.2. The summed E-state index contributed by atoms with van der Waals surface area (Å²) in [5.74, 6) is 1.28. The van der Waals surface area contributed by atoms with Crippen LogP contribution in [0.3, 0.4) is 0 Å². The zero-order valence-electron chi connectivity index (χ0n) is 12.0. The summed E-state index contributed by atoms with van der Waals surface area (Å²) in [6.07, 6.45) is 5.73. The number of carbonyl (C=O) groups is 1. The van der Waals surface area contributed by atoms with Crippen molar-refractivity contribution >= 4 is 17.5 Å². The molecule has 110 valence electrons. The van der Waals surface area contributed by atoms with E-state index >= 15 is 0 Å². The van der Waals surface area contributed by atoms with E-state index in [1.54, 1.807) is 17.0 Å². The van der Waals surface area contributed by atoms with E-state index in [0.29, 0.717) is 18.2 Å². The van der Waals surface area contributed by atoms with Crippen LogP contribution in [-0.4, -0.2) is 31.0 Å². The van der Waals surface area contributed by atoms with E-state index in [1.165, 1.54) is 19.3 Å². The summed E-state index contributed by atoms with van der Waals surface area (Å²) in [6.45, 7) is 1.13. The number of benzene rings is 1. The van der Waals surface area contributed by atoms with Crippen LogP contribution in [0.2, 0.25) is 5.02 Å². The monoisotopic (exact) mass is 295 g/mol. The first kappa shape index (κ1) is 15.2. The number of amides is 1. The van der Waals surface area contributed by atoms with Gasteiger partial charge < -0.3 is 9.64 Å². The minimum Gasteiger partial charge on any atom is -0.492 e. The Balaban J connectivity index is 1.72. The lowest BCUT2D eigenvalue weighted by molar-refractivity contribution is -0.135. The molecule has 0 heterocycles. The van der Waals surface area contributed by atoms with Crippen molar-refractivity contribution in [2.75, 3.05) is 20.2 Å². The molecular weight excluding hydrogens is 274 g/mol. The molecule has 0 saturated heterocycles. The predicted molar refractivity (Wildman–Crippen MR) is 81.2 cm³/mol. The average Bonchev–Trinajstić information content (AvgIpc) is 2.49. The molecule has 0 unspecified atom stereocenters. The largest absolute Gasteiger partial charge is 0.492 e. The Morgan fingerprint density at radius 3 is 2.55 bits per heavy atom. The Bertz CT molecular complexity index is 427. The fraction of sp³-hybridized carbons (Fsp3) is 0.562. The van der Waals surface area contributed by atoms with Crippen molar-refractivity contribution in [3.8, 4) is 5.75 Å². The van der Waals surface area contributed by atoms with Crippen LogP contribution in [0.1, 0.15) is 32.1 Å². The first-order valence-corrected chi connectivity index (χ1v) is 7.68. The molecule has 1 aliphatic carbocycles. The number of likely N-dealkylation sites (N-methyl/N-ethyl adjacent to an activating group) is 1. The third-order valence-electron chi connectivity index (χ3n) is 3.84. The highest BCUT2D eigenvalue weighted by Crippen LogP contribution is 2.25. The smallest absolute Gasteiger partial charge is 0.225 e. The second-order valence-electron chi connectivity index (χ2n) is 5.40. The van der Waals surface area contributed by atoms with Gasteiger partial charge in [0.25, 0.3) is 0 Å². The van der Waals surface area contributed by atoms with Gasteiger partial charge in [0.1, 0.15) is 12.4 Å². The summed E-state index contributed by atoms with van der Waals surface area (Å²) in [4.78, 5) is 14.0. The number of halogens is 1. The van der Waals surface area contributed by atoms with Crippen molar-refractivity contribution in [3.05, 3.63) is 29.3 Å². The topological polar surface area (TPSA) is 29.5 Å². The first-order chi connectivity index (χ1) is 9.66. The zero-order chi connectivity index (χ0) is 14.4. The van der Waals surface area contributed by atoms with Gasteiger partial charge in [0, 0.05) is 18.0 Å². The lowest BCUT2D eigenvalue weighted by Crippen LogP contribution is -2.36. The van der Waals surface area contributed by atoms with Crippen LogP contribution in [0.25, 0.3) is 0 Å². The molecule has 1 aliphatic rings. The predicted octanol–water partition coefficient (Wildman–Crippen LogP) is 3.76. The van der Waals surface area contributed by atoms with Gasteiger partial charge >= 0.3 is 0 Å². The lowest BCUT2D eigenvalue weighted by Gasteiger charge is -2.26. The number of carbonyl (C=O) groups excluding carboxylic acids is 1. The number of hydrogen-bond acceptors (Lipinski definition) is 2. The van der Waals surface area contributed by atoms with Crippen molar-refractivity contribution in [1.29, 1.82) is 0 Å². The number of nitrogens with zero attached hydrogens (tertiary/aromatic N) is 1. The summed E-state index contributed by atoms with van der Waals surface area (Å²) in [7, 11) is 1.86. The van der Waals surface area contributed by atoms with Crippen LogP contribution in [0, 0.1) is 5.92 Å². The molecule has 0 N–H and O–H groups in total. The number of ether oxygens (including phenoxy) is 1. The third-order valence-corrected chi connectivity index (χ3v) is 4.09. The van der Waals surface area contributed by atoms with Gasteiger partial charge in [0.2, 0.25) is 5.91 Å². The molecule has 2 rings (SSSR count). The van der Waals surface area contributed by atoms with Crippen LogP contribution in [0.15, 0.2) is 24.3 Å². The highest BCUT2D eigenvalue weighted by molar-refractivity contribution is 6.30. The Morgan fingerprint density at radius 2 is 1.90 bits per heavy atom. The van der Waals surface area contributed by atoms with Crippen molar-refractivity contribution < 1.29 is 9.53 Å². The Kier molecular flexibility index (Phi) is 5.72. The van der Waals surface area contributed by atoms with Crippen LogP contribution in [-0.2, 0) is 4.79 Å². The zero-order valence-corrected chi connectivity index (χ0v) is 12.7. The fourth-order valence-electron chi connectivity index (χ4n) is 2.60. The Morgan fingerprint density at radius 1 is 1.25 bits per heavy atom. The standard InChI is InChI=1S/C16H22ClNO2/c1-18(16(19)13-5-3-2-4-6-13)11-12-20-15-9-7-14(17)8-10-15/h7-10,13H,2-6,11-12H2,1H3. The molecule has 3 nitrogen and oxygen atoms in total. The van der Waals surface area contributed by atoms with Gasteiger partial charge in [-0.15, -0.1) is 0 Å². The van der Waals surface area contributed by atoms with Crippen molar-refractivity contribution in [2.24, 2.45) is 5.92 Å². The maximum atomic E-state index is 12.2. The molecule has 0 atom stereocenters. The molecule has 4 heteroatoms. The minimum absolute atomic E-state index is 0.226. The molecular formula is C16H22ClNO2. The van der Waals surface area contributed by atoms with Crippen LogP contribution >= 0.6 is 11.6 Å². The van der Waals surface area contributed by atoms with Crippen LogP contribution in [0.5, 0.6) is 5.75 Å². The van der Waals surface area contributed by atoms with Gasteiger partial charge in [-0.2, -0.15) is 0 Å². The van der Waals surface area contributed by atoms with Crippen molar-refractivity contribution in [3.63, 3.8) is 0 Å². The summed E-state index contributed by atoms with van der Waals surface area (Å²) < 4.78 is 5.62. The number of rotatable bonds is 5. The molecule has 0 aliphatic heterocycles. The van der Waals surface area contributed by atoms with Gasteiger partial charge in [0.05, 0.1) is 6.54 Å². The molecule has 1 amide bonds. The van der Waals surface area contributed by atoms with Gasteiger partial charge in [-0.05, 0) is 37.1 Å². The van der Waals surface area contributed by atoms with Gasteiger partial charge in [-0.25, -0.2) is 0 Å². The maximum Gasteiger partial charge on any atom is 0.225 e. The van der Waals surface area contributed by atoms with Crippen molar-refractivity contribution in [1.82, 2.24) is 4.90 Å². The second kappa shape index (κ2) is 7.53. The Hall–Kier alpha value is -1.22. The molecule has 20 heavy (non-hydrogen) atoms. The molecule has 0 spiro atoms. The van der Waals surface area contributed by atoms with Crippen LogP contribution in [0.4, 0.5) is 0 Å². The van der Waals surface area contributed by atoms with E-state index in [9.17, 15) is 4.79 Å². The first-order valence-electron chi connectivity index (χ1n) is 7.30. The van der Waals surface area contributed by atoms with E-state index < -0.39 is 0 Å². The molecule has 1 saturated carbocycles. The Labute approximate surface area is 125 Å². The van der Waals surface area contributed by atoms with Gasteiger partial charge in [0.15, 0.2) is 0 Å². The van der Waals surface area contributed by atoms with Gasteiger partial charge in [-0.1, -0.05) is 30.9 Å². The van der Waals surface area contributed by atoms with E-state index in [-0.39, 0.29) is 11.8 Å². The molecule has 0 aromatic heterocycles. The highest BCUT2D eigenvalue weighted by atomic mass is 35.5. The summed E-state index contributed by atoms with van der Waals surface area (Å²) >= 11 is 5.82. The summed E-state index contributed by atoms with van der Waals surface area (Å²) in [5, 5.41) is 0.696. The van der Waals surface area contributed by atoms with Gasteiger partial charge in [-0.3, -0.25) is 4.79 Å². The minimum atomic E-state index is 0.226. The summed E-state index contributed by atoms with van der Waals surface area (Å²) in [5.41, 5.74) is 0. The van der Waals surface area contributed by atoms with E-state index in [1.807, 2.05) is 19.2 Å². The molecule has 0 radical (unpaired) electrons. The van der Waals surface area contributed by atoms with E-state index in [4.69, 9.17) is 16.3 Å². The molecule has 0 bridgehead atoms.